The van der Waals surface area contributed by atoms with Crippen LogP contribution in [0, 0.1) is 6.92 Å². The van der Waals surface area contributed by atoms with Gasteiger partial charge < -0.3 is 4.90 Å². The fourth-order valence-corrected chi connectivity index (χ4v) is 4.42. The second-order valence-corrected chi connectivity index (χ2v) is 9.31. The smallest absolute Gasteiger partial charge is 0.187 e. The summed E-state index contributed by atoms with van der Waals surface area (Å²) in [5.41, 5.74) is 8.03. The van der Waals surface area contributed by atoms with Crippen molar-refractivity contribution in [2.75, 3.05) is 0 Å². The number of halogens is 1. The molecular weight excluding hydrogens is 462 g/mol. The zero-order chi connectivity index (χ0) is 24.9. The number of benzene rings is 4. The van der Waals surface area contributed by atoms with E-state index in [9.17, 15) is 4.79 Å². The summed E-state index contributed by atoms with van der Waals surface area (Å²) in [4.78, 5) is 15.6. The zero-order valence-electron chi connectivity index (χ0n) is 20.1. The van der Waals surface area contributed by atoms with E-state index in [0.29, 0.717) is 17.1 Å². The van der Waals surface area contributed by atoms with Crippen molar-refractivity contribution in [1.82, 2.24) is 4.90 Å². The largest absolute Gasteiger partial charge is 0.336 e. The summed E-state index contributed by atoms with van der Waals surface area (Å²) < 4.78 is 0. The number of ketones is 1. The molecule has 0 atom stereocenters. The van der Waals surface area contributed by atoms with Crippen molar-refractivity contribution in [2.45, 2.75) is 13.5 Å². The Morgan fingerprint density at radius 3 is 2.00 bits per heavy atom. The van der Waals surface area contributed by atoms with Gasteiger partial charge in [0.25, 0.3) is 0 Å². The molecule has 0 unspecified atom stereocenters. The number of carbonyl (C=O) groups is 1. The first-order chi connectivity index (χ1) is 17.6. The third-order valence-electron chi connectivity index (χ3n) is 6.24. The molecule has 4 aromatic carbocycles. The standard InChI is InChI=1S/C33H26ClNO/c1-24-12-16-28(17-13-24)33(36)22-31-20-29(26-8-4-2-5-9-26)21-32(27-10-6-3-7-11-27)35(31)23-25-14-18-30(34)19-15-25/h2-22H,23H2,1H3/b31-22+. The lowest BCUT2D eigenvalue weighted by atomic mass is 9.95. The van der Waals surface area contributed by atoms with Crippen molar-refractivity contribution in [3.05, 3.63) is 166 Å². The van der Waals surface area contributed by atoms with Crippen LogP contribution in [0.25, 0.3) is 11.3 Å². The van der Waals surface area contributed by atoms with Crippen molar-refractivity contribution < 1.29 is 4.79 Å². The molecule has 1 aliphatic rings. The first-order valence-corrected chi connectivity index (χ1v) is 12.3. The van der Waals surface area contributed by atoms with Gasteiger partial charge in [0.05, 0.1) is 0 Å². The predicted octanol–water partition coefficient (Wildman–Crippen LogP) is 8.36. The summed E-state index contributed by atoms with van der Waals surface area (Å²) in [7, 11) is 0. The van der Waals surface area contributed by atoms with Gasteiger partial charge in [-0.1, -0.05) is 114 Å². The predicted molar refractivity (Wildman–Crippen MR) is 149 cm³/mol. The Morgan fingerprint density at radius 2 is 1.36 bits per heavy atom. The Bertz CT molecular complexity index is 1450. The van der Waals surface area contributed by atoms with E-state index in [1.165, 1.54) is 0 Å². The van der Waals surface area contributed by atoms with Crippen LogP contribution in [0.5, 0.6) is 0 Å². The maximum absolute atomic E-state index is 13.4. The van der Waals surface area contributed by atoms with E-state index in [1.807, 2.05) is 91.9 Å². The minimum Gasteiger partial charge on any atom is -0.336 e. The molecule has 2 nitrogen and oxygen atoms in total. The average molecular weight is 488 g/mol. The third kappa shape index (κ3) is 5.40. The molecule has 36 heavy (non-hydrogen) atoms. The molecule has 176 valence electrons. The molecule has 0 saturated carbocycles. The van der Waals surface area contributed by atoms with E-state index < -0.39 is 0 Å². The van der Waals surface area contributed by atoms with Crippen LogP contribution >= 0.6 is 11.6 Å². The van der Waals surface area contributed by atoms with Gasteiger partial charge in [0, 0.05) is 34.6 Å². The first kappa shape index (κ1) is 23.6. The lowest BCUT2D eigenvalue weighted by Crippen LogP contribution is -2.24. The minimum atomic E-state index is -0.0240. The first-order valence-electron chi connectivity index (χ1n) is 12.0. The van der Waals surface area contributed by atoms with Gasteiger partial charge in [-0.3, -0.25) is 4.79 Å². The number of carbonyl (C=O) groups excluding carboxylic acids is 1. The van der Waals surface area contributed by atoms with Crippen LogP contribution < -0.4 is 0 Å². The summed E-state index contributed by atoms with van der Waals surface area (Å²) >= 11 is 6.15. The summed E-state index contributed by atoms with van der Waals surface area (Å²) in [6, 6.07) is 36.2. The molecular formula is C33H26ClNO. The van der Waals surface area contributed by atoms with Gasteiger partial charge in [-0.15, -0.1) is 0 Å². The van der Waals surface area contributed by atoms with E-state index >= 15 is 0 Å². The van der Waals surface area contributed by atoms with E-state index in [-0.39, 0.29) is 5.78 Å². The molecule has 1 heterocycles. The van der Waals surface area contributed by atoms with E-state index in [4.69, 9.17) is 11.6 Å². The fraction of sp³-hybridized carbons (Fsp3) is 0.0606. The van der Waals surface area contributed by atoms with E-state index in [1.54, 1.807) is 6.08 Å². The number of aryl methyl sites for hydroxylation is 1. The van der Waals surface area contributed by atoms with E-state index in [2.05, 4.69) is 41.3 Å². The van der Waals surface area contributed by atoms with Crippen LogP contribution in [0.2, 0.25) is 5.02 Å². The highest BCUT2D eigenvalue weighted by Crippen LogP contribution is 2.36. The highest BCUT2D eigenvalue weighted by molar-refractivity contribution is 6.30. The second-order valence-electron chi connectivity index (χ2n) is 8.87. The molecule has 0 bridgehead atoms. The molecule has 1 aliphatic heterocycles. The molecule has 0 aliphatic carbocycles. The quantitative estimate of drug-likeness (QED) is 0.201. The minimum absolute atomic E-state index is 0.0240. The van der Waals surface area contributed by atoms with E-state index in [0.717, 1.165) is 39.2 Å². The Labute approximate surface area is 217 Å². The Morgan fingerprint density at radius 1 is 0.750 bits per heavy atom. The molecule has 0 radical (unpaired) electrons. The van der Waals surface area contributed by atoms with Crippen molar-refractivity contribution in [1.29, 1.82) is 0 Å². The summed E-state index contributed by atoms with van der Waals surface area (Å²) in [6.07, 6.45) is 6.05. The van der Waals surface area contributed by atoms with Crippen LogP contribution in [-0.4, -0.2) is 10.7 Å². The molecule has 0 fully saturated rings. The van der Waals surface area contributed by atoms with Gasteiger partial charge in [0.15, 0.2) is 5.78 Å². The van der Waals surface area contributed by atoms with Gasteiger partial charge >= 0.3 is 0 Å². The third-order valence-corrected chi connectivity index (χ3v) is 6.50. The van der Waals surface area contributed by atoms with Gasteiger partial charge in [0.1, 0.15) is 0 Å². The molecule has 5 rings (SSSR count). The van der Waals surface area contributed by atoms with Crippen molar-refractivity contribution in [2.24, 2.45) is 0 Å². The van der Waals surface area contributed by atoms with Crippen LogP contribution in [0.4, 0.5) is 0 Å². The van der Waals surface area contributed by atoms with Gasteiger partial charge in [-0.2, -0.15) is 0 Å². The Hall–Kier alpha value is -4.14. The summed E-state index contributed by atoms with van der Waals surface area (Å²) in [5, 5.41) is 0.702. The number of rotatable bonds is 6. The molecule has 0 N–H and O–H groups in total. The molecule has 0 spiro atoms. The molecule has 3 heteroatoms. The van der Waals surface area contributed by atoms with Crippen LogP contribution in [0.3, 0.4) is 0 Å². The number of hydrogen-bond acceptors (Lipinski definition) is 2. The number of nitrogens with zero attached hydrogens (tertiary/aromatic N) is 1. The number of hydrogen-bond donors (Lipinski definition) is 0. The maximum atomic E-state index is 13.4. The summed E-state index contributed by atoms with van der Waals surface area (Å²) in [5.74, 6) is -0.0240. The SMILES string of the molecule is Cc1ccc(C(=O)/C=C2\C=C(c3ccccc3)C=C(c3ccccc3)N2Cc2ccc(Cl)cc2)cc1. The molecule has 0 aromatic heterocycles. The van der Waals surface area contributed by atoms with Gasteiger partial charge in [-0.05, 0) is 53.5 Å². The lowest BCUT2D eigenvalue weighted by molar-refractivity contribution is 0.104. The van der Waals surface area contributed by atoms with Crippen molar-refractivity contribution >= 4 is 28.7 Å². The van der Waals surface area contributed by atoms with Crippen molar-refractivity contribution in [3.63, 3.8) is 0 Å². The summed E-state index contributed by atoms with van der Waals surface area (Å²) in [6.45, 7) is 2.62. The highest BCUT2D eigenvalue weighted by atomic mass is 35.5. The average Bonchev–Trinajstić information content (AvgIpc) is 2.92. The molecule has 0 saturated heterocycles. The topological polar surface area (TPSA) is 20.3 Å². The monoisotopic (exact) mass is 487 g/mol. The van der Waals surface area contributed by atoms with Crippen LogP contribution in [-0.2, 0) is 6.54 Å². The molecule has 4 aromatic rings. The Kier molecular flexibility index (Phi) is 6.97. The van der Waals surface area contributed by atoms with Gasteiger partial charge in [0.2, 0.25) is 0 Å². The fourth-order valence-electron chi connectivity index (χ4n) is 4.29. The molecule has 0 amide bonds. The zero-order valence-corrected chi connectivity index (χ0v) is 20.8. The van der Waals surface area contributed by atoms with Crippen LogP contribution in [0.15, 0.2) is 133 Å². The maximum Gasteiger partial charge on any atom is 0.187 e. The van der Waals surface area contributed by atoms with Gasteiger partial charge in [-0.25, -0.2) is 0 Å². The Balaban J connectivity index is 1.64. The highest BCUT2D eigenvalue weighted by Gasteiger charge is 2.22. The lowest BCUT2D eigenvalue weighted by Gasteiger charge is -2.33. The second kappa shape index (κ2) is 10.6. The number of allylic oxidation sites excluding steroid dienone is 4. The van der Waals surface area contributed by atoms with Crippen molar-refractivity contribution in [3.8, 4) is 0 Å². The van der Waals surface area contributed by atoms with Crippen LogP contribution in [0.1, 0.15) is 32.6 Å². The normalized spacial score (nSPS) is 14.4.